The molecule has 120 valence electrons. The summed E-state index contributed by atoms with van der Waals surface area (Å²) in [4.78, 5) is 20.9. The topological polar surface area (TPSA) is 56.0 Å². The maximum atomic E-state index is 12.3. The minimum Gasteiger partial charge on any atom is -0.451 e. The number of carbonyl (C=O) groups excluding carboxylic acids is 1. The van der Waals surface area contributed by atoms with Crippen molar-refractivity contribution in [1.29, 1.82) is 0 Å². The van der Waals surface area contributed by atoms with Crippen molar-refractivity contribution in [1.82, 2.24) is 9.97 Å². The molecule has 0 saturated heterocycles. The molecular formula is C16H8Cl2N2O2S2. The summed E-state index contributed by atoms with van der Waals surface area (Å²) in [5.74, 6) is 0.0895. The standard InChI is InChI=1S/C16H8Cl2N2O2S2/c17-12-5-9(15(18)24-12)10(21)6-23-16-14-13(19-7-20-16)8-3-1-2-4-11(8)22-14/h1-5,7H,6H2. The molecule has 0 amide bonds. The third-order valence-electron chi connectivity index (χ3n) is 3.42. The van der Waals surface area contributed by atoms with Gasteiger partial charge in [0.2, 0.25) is 0 Å². The SMILES string of the molecule is O=C(CSc1ncnc2c1oc1ccccc12)c1cc(Cl)sc1Cl. The molecule has 0 aliphatic carbocycles. The van der Waals surface area contributed by atoms with Gasteiger partial charge in [-0.25, -0.2) is 9.97 Å². The molecule has 8 heteroatoms. The highest BCUT2D eigenvalue weighted by atomic mass is 35.5. The molecule has 4 rings (SSSR count). The zero-order valence-corrected chi connectivity index (χ0v) is 15.1. The van der Waals surface area contributed by atoms with E-state index in [4.69, 9.17) is 27.6 Å². The van der Waals surface area contributed by atoms with Crippen LogP contribution in [0.2, 0.25) is 8.67 Å². The zero-order chi connectivity index (χ0) is 16.7. The smallest absolute Gasteiger partial charge is 0.186 e. The number of benzene rings is 1. The molecule has 4 nitrogen and oxygen atoms in total. The number of Topliss-reactive ketones (excluding diaryl/α,β-unsaturated/α-hetero) is 1. The highest BCUT2D eigenvalue weighted by Gasteiger charge is 2.17. The van der Waals surface area contributed by atoms with Crippen LogP contribution in [0.25, 0.3) is 22.1 Å². The summed E-state index contributed by atoms with van der Waals surface area (Å²) in [6.07, 6.45) is 1.48. The van der Waals surface area contributed by atoms with Crippen LogP contribution in [0.5, 0.6) is 0 Å². The lowest BCUT2D eigenvalue weighted by Gasteiger charge is -2.00. The molecule has 0 radical (unpaired) electrons. The highest BCUT2D eigenvalue weighted by molar-refractivity contribution is 8.00. The third kappa shape index (κ3) is 2.80. The third-order valence-corrected chi connectivity index (χ3v) is 5.88. The Bertz CT molecular complexity index is 1070. The first kappa shape index (κ1) is 15.9. The van der Waals surface area contributed by atoms with Crippen molar-refractivity contribution < 1.29 is 9.21 Å². The van der Waals surface area contributed by atoms with Crippen LogP contribution in [0.15, 0.2) is 46.1 Å². The Morgan fingerprint density at radius 1 is 1.25 bits per heavy atom. The lowest BCUT2D eigenvalue weighted by atomic mass is 10.2. The number of para-hydroxylation sites is 1. The summed E-state index contributed by atoms with van der Waals surface area (Å²) in [6, 6.07) is 9.24. The zero-order valence-electron chi connectivity index (χ0n) is 12.0. The van der Waals surface area contributed by atoms with Crippen LogP contribution < -0.4 is 0 Å². The van der Waals surface area contributed by atoms with E-state index in [-0.39, 0.29) is 11.5 Å². The predicted octanol–water partition coefficient (Wildman–Crippen LogP) is 5.72. The molecule has 0 aliphatic rings. The van der Waals surface area contributed by atoms with E-state index in [2.05, 4.69) is 9.97 Å². The Labute approximate surface area is 154 Å². The van der Waals surface area contributed by atoms with E-state index >= 15 is 0 Å². The summed E-state index contributed by atoms with van der Waals surface area (Å²) in [5, 5.41) is 1.55. The van der Waals surface area contributed by atoms with E-state index in [0.717, 1.165) is 16.5 Å². The summed E-state index contributed by atoms with van der Waals surface area (Å²) in [5.41, 5.74) is 2.51. The van der Waals surface area contributed by atoms with Crippen LogP contribution in [0.1, 0.15) is 10.4 Å². The summed E-state index contributed by atoms with van der Waals surface area (Å²) in [6.45, 7) is 0. The number of thiophene rings is 1. The van der Waals surface area contributed by atoms with Gasteiger partial charge in [-0.05, 0) is 18.2 Å². The van der Waals surface area contributed by atoms with Gasteiger partial charge in [0.1, 0.15) is 26.8 Å². The number of rotatable bonds is 4. The Morgan fingerprint density at radius 2 is 2.08 bits per heavy atom. The number of ketones is 1. The molecule has 0 saturated carbocycles. The number of thioether (sulfide) groups is 1. The molecule has 0 N–H and O–H groups in total. The molecule has 0 fully saturated rings. The van der Waals surface area contributed by atoms with Gasteiger partial charge in [-0.15, -0.1) is 11.3 Å². The quantitative estimate of drug-likeness (QED) is 0.251. The van der Waals surface area contributed by atoms with Gasteiger partial charge in [0.05, 0.1) is 10.1 Å². The molecule has 3 heterocycles. The van der Waals surface area contributed by atoms with E-state index in [1.165, 1.54) is 29.4 Å². The maximum absolute atomic E-state index is 12.3. The lowest BCUT2D eigenvalue weighted by Crippen LogP contribution is -2.01. The predicted molar refractivity (Wildman–Crippen MR) is 98.7 cm³/mol. The van der Waals surface area contributed by atoms with Crippen molar-refractivity contribution in [2.24, 2.45) is 0 Å². The molecule has 0 unspecified atom stereocenters. The number of fused-ring (bicyclic) bond motifs is 3. The van der Waals surface area contributed by atoms with Crippen LogP contribution >= 0.6 is 46.3 Å². The summed E-state index contributed by atoms with van der Waals surface area (Å²) < 4.78 is 6.75. The first-order valence-electron chi connectivity index (χ1n) is 6.86. The molecule has 0 bridgehead atoms. The monoisotopic (exact) mass is 394 g/mol. The number of furan rings is 1. The number of aromatic nitrogens is 2. The van der Waals surface area contributed by atoms with E-state index in [0.29, 0.717) is 24.8 Å². The molecule has 24 heavy (non-hydrogen) atoms. The second-order valence-corrected chi connectivity index (χ2v) is 8.15. The van der Waals surface area contributed by atoms with E-state index in [1.54, 1.807) is 6.07 Å². The van der Waals surface area contributed by atoms with Gasteiger partial charge < -0.3 is 4.42 Å². The molecule has 4 aromatic rings. The highest BCUT2D eigenvalue weighted by Crippen LogP contribution is 2.35. The van der Waals surface area contributed by atoms with Crippen molar-refractivity contribution in [3.63, 3.8) is 0 Å². The van der Waals surface area contributed by atoms with E-state index < -0.39 is 0 Å². The van der Waals surface area contributed by atoms with Crippen molar-refractivity contribution >= 4 is 74.2 Å². The fourth-order valence-corrected chi connectivity index (χ4v) is 4.66. The molecule has 3 aromatic heterocycles. The summed E-state index contributed by atoms with van der Waals surface area (Å²) in [7, 11) is 0. The molecular weight excluding hydrogens is 387 g/mol. The van der Waals surface area contributed by atoms with Crippen LogP contribution in [0.3, 0.4) is 0 Å². The maximum Gasteiger partial charge on any atom is 0.186 e. The molecule has 0 atom stereocenters. The lowest BCUT2D eigenvalue weighted by molar-refractivity contribution is 0.102. The van der Waals surface area contributed by atoms with Gasteiger partial charge in [0.15, 0.2) is 11.4 Å². The van der Waals surface area contributed by atoms with Crippen LogP contribution in [0.4, 0.5) is 0 Å². The number of carbonyl (C=O) groups is 1. The Balaban J connectivity index is 1.65. The van der Waals surface area contributed by atoms with Gasteiger partial charge in [-0.3, -0.25) is 4.79 Å². The Kier molecular flexibility index (Phi) is 4.22. The van der Waals surface area contributed by atoms with Gasteiger partial charge >= 0.3 is 0 Å². The fraction of sp³-hybridized carbons (Fsp3) is 0.0625. The first-order chi connectivity index (χ1) is 11.6. The fourth-order valence-electron chi connectivity index (χ4n) is 2.35. The number of nitrogens with zero attached hydrogens (tertiary/aromatic N) is 2. The average Bonchev–Trinajstić information content (AvgIpc) is 3.12. The van der Waals surface area contributed by atoms with Gasteiger partial charge in [0, 0.05) is 10.9 Å². The Morgan fingerprint density at radius 3 is 2.88 bits per heavy atom. The molecule has 1 aromatic carbocycles. The number of halogens is 2. The first-order valence-corrected chi connectivity index (χ1v) is 9.42. The van der Waals surface area contributed by atoms with Crippen molar-refractivity contribution in [2.75, 3.05) is 5.75 Å². The second kappa shape index (κ2) is 6.37. The largest absolute Gasteiger partial charge is 0.451 e. The Hall–Kier alpha value is -1.60. The minimum atomic E-state index is -0.101. The molecule has 0 aliphatic heterocycles. The molecule has 0 spiro atoms. The number of hydrogen-bond acceptors (Lipinski definition) is 6. The van der Waals surface area contributed by atoms with E-state index in [9.17, 15) is 4.79 Å². The van der Waals surface area contributed by atoms with Gasteiger partial charge in [0.25, 0.3) is 0 Å². The summed E-state index contributed by atoms with van der Waals surface area (Å²) >= 11 is 14.4. The second-order valence-electron chi connectivity index (χ2n) is 4.90. The van der Waals surface area contributed by atoms with Crippen LogP contribution in [-0.4, -0.2) is 21.5 Å². The van der Waals surface area contributed by atoms with Crippen molar-refractivity contribution in [3.8, 4) is 0 Å². The normalized spacial score (nSPS) is 11.4. The van der Waals surface area contributed by atoms with Crippen LogP contribution in [0, 0.1) is 0 Å². The van der Waals surface area contributed by atoms with Gasteiger partial charge in [-0.1, -0.05) is 47.1 Å². The van der Waals surface area contributed by atoms with Crippen molar-refractivity contribution in [3.05, 3.63) is 50.9 Å². The minimum absolute atomic E-state index is 0.101. The van der Waals surface area contributed by atoms with Gasteiger partial charge in [-0.2, -0.15) is 0 Å². The van der Waals surface area contributed by atoms with E-state index in [1.807, 2.05) is 24.3 Å². The number of hydrogen-bond donors (Lipinski definition) is 0. The van der Waals surface area contributed by atoms with Crippen molar-refractivity contribution in [2.45, 2.75) is 5.03 Å². The van der Waals surface area contributed by atoms with Crippen LogP contribution in [-0.2, 0) is 0 Å². The average molecular weight is 395 g/mol.